The van der Waals surface area contributed by atoms with Crippen molar-refractivity contribution in [3.05, 3.63) is 23.3 Å². The first kappa shape index (κ1) is 14.0. The monoisotopic (exact) mass is 327 g/mol. The molecule has 6 atom stereocenters. The molecule has 0 aromatic heterocycles. The van der Waals surface area contributed by atoms with Crippen molar-refractivity contribution in [3.8, 4) is 11.5 Å². The molecule has 0 amide bonds. The largest absolute Gasteiger partial charge is 0.504 e. The van der Waals surface area contributed by atoms with Gasteiger partial charge < -0.3 is 19.9 Å². The molecule has 24 heavy (non-hydrogen) atoms. The molecule has 1 aromatic carbocycles. The summed E-state index contributed by atoms with van der Waals surface area (Å²) in [5, 5.41) is 14.4. The number of nitrogens with one attached hydrogen (secondary N) is 1. The Balaban J connectivity index is 1.72. The average molecular weight is 327 g/mol. The quantitative estimate of drug-likeness (QED) is 0.832. The number of ether oxygens (including phenoxy) is 2. The Kier molecular flexibility index (Phi) is 2.29. The third kappa shape index (κ3) is 1.13. The molecule has 6 aliphatic rings. The molecular formula is C20H25NO3. The number of phenols is 1. The molecule has 1 aromatic rings. The van der Waals surface area contributed by atoms with E-state index < -0.39 is 0 Å². The minimum atomic E-state index is -0.219. The molecule has 4 fully saturated rings. The molecule has 4 bridgehead atoms. The van der Waals surface area contributed by atoms with Crippen LogP contribution in [0.1, 0.15) is 43.7 Å². The number of aromatic hydroxyl groups is 1. The van der Waals surface area contributed by atoms with Gasteiger partial charge in [0, 0.05) is 24.1 Å². The third-order valence-corrected chi connectivity index (χ3v) is 8.53. The van der Waals surface area contributed by atoms with Crippen molar-refractivity contribution in [2.45, 2.75) is 62.2 Å². The Morgan fingerprint density at radius 2 is 2.17 bits per heavy atom. The second kappa shape index (κ2) is 3.94. The standard InChI is InChI=1S/C20H25NO3/c1-11-10-18-5-6-20(11,23-2)17-19(18)7-8-21-14(18)9-12-3-4-13(22)16(24-17)15(12)19/h3-4,11,14,17,21-22H,5-10H2,1-2H3/t11?,14?,17?,18-,19?,20-/m1/s1. The van der Waals surface area contributed by atoms with Crippen molar-refractivity contribution in [1.29, 1.82) is 0 Å². The molecule has 128 valence electrons. The average Bonchev–Trinajstić information content (AvgIpc) is 2.93. The Morgan fingerprint density at radius 1 is 1.29 bits per heavy atom. The lowest BCUT2D eigenvalue weighted by Gasteiger charge is -2.72. The van der Waals surface area contributed by atoms with Crippen LogP contribution < -0.4 is 10.1 Å². The van der Waals surface area contributed by atoms with Gasteiger partial charge in [-0.15, -0.1) is 0 Å². The van der Waals surface area contributed by atoms with E-state index in [1.54, 1.807) is 0 Å². The zero-order chi connectivity index (χ0) is 16.3. The second-order valence-corrected chi connectivity index (χ2v) is 8.80. The Bertz CT molecular complexity index is 763. The zero-order valence-corrected chi connectivity index (χ0v) is 14.4. The van der Waals surface area contributed by atoms with Gasteiger partial charge in [-0.25, -0.2) is 0 Å². The van der Waals surface area contributed by atoms with E-state index in [9.17, 15) is 5.11 Å². The summed E-state index contributed by atoms with van der Waals surface area (Å²) in [4.78, 5) is 0. The first-order chi connectivity index (χ1) is 11.6. The van der Waals surface area contributed by atoms with Crippen LogP contribution in [0.3, 0.4) is 0 Å². The number of fused-ring (bicyclic) bond motifs is 2. The molecular weight excluding hydrogens is 302 g/mol. The third-order valence-electron chi connectivity index (χ3n) is 8.53. The first-order valence-electron chi connectivity index (χ1n) is 9.40. The molecule has 2 N–H and O–H groups in total. The van der Waals surface area contributed by atoms with Crippen LogP contribution in [0.5, 0.6) is 11.5 Å². The van der Waals surface area contributed by atoms with E-state index in [1.165, 1.54) is 24.0 Å². The fraction of sp³-hybridized carbons (Fsp3) is 0.700. The van der Waals surface area contributed by atoms with Crippen molar-refractivity contribution in [3.63, 3.8) is 0 Å². The topological polar surface area (TPSA) is 50.7 Å². The highest BCUT2D eigenvalue weighted by Crippen LogP contribution is 2.75. The van der Waals surface area contributed by atoms with E-state index in [4.69, 9.17) is 9.47 Å². The molecule has 4 heteroatoms. The smallest absolute Gasteiger partial charge is 0.165 e. The van der Waals surface area contributed by atoms with Gasteiger partial charge in [-0.2, -0.15) is 0 Å². The van der Waals surface area contributed by atoms with E-state index >= 15 is 0 Å². The minimum absolute atomic E-state index is 0.0192. The van der Waals surface area contributed by atoms with Crippen LogP contribution in [-0.2, 0) is 16.6 Å². The van der Waals surface area contributed by atoms with Crippen molar-refractivity contribution in [1.82, 2.24) is 5.32 Å². The van der Waals surface area contributed by atoms with E-state index in [1.807, 2.05) is 13.2 Å². The zero-order valence-electron chi connectivity index (χ0n) is 14.4. The highest BCUT2D eigenvalue weighted by atomic mass is 16.6. The normalized spacial score (nSPS) is 49.7. The van der Waals surface area contributed by atoms with Gasteiger partial charge in [-0.3, -0.25) is 0 Å². The predicted molar refractivity (Wildman–Crippen MR) is 89.5 cm³/mol. The molecule has 2 aliphatic heterocycles. The summed E-state index contributed by atoms with van der Waals surface area (Å²) < 4.78 is 12.8. The number of methoxy groups -OCH3 is 1. The number of hydrogen-bond donors (Lipinski definition) is 2. The van der Waals surface area contributed by atoms with Crippen molar-refractivity contribution < 1.29 is 14.6 Å². The van der Waals surface area contributed by atoms with Gasteiger partial charge in [0.25, 0.3) is 0 Å². The van der Waals surface area contributed by atoms with Gasteiger partial charge in [0.1, 0.15) is 11.7 Å². The lowest BCUT2D eigenvalue weighted by Crippen LogP contribution is -2.80. The molecule has 3 saturated carbocycles. The summed E-state index contributed by atoms with van der Waals surface area (Å²) in [6.07, 6.45) is 5.67. The van der Waals surface area contributed by atoms with Gasteiger partial charge in [-0.1, -0.05) is 13.0 Å². The van der Waals surface area contributed by atoms with Gasteiger partial charge in [0.2, 0.25) is 0 Å². The molecule has 1 saturated heterocycles. The molecule has 4 aliphatic carbocycles. The predicted octanol–water partition coefficient (Wildman–Crippen LogP) is 2.51. The maximum atomic E-state index is 10.5. The van der Waals surface area contributed by atoms with Gasteiger partial charge in [0.15, 0.2) is 11.5 Å². The first-order valence-corrected chi connectivity index (χ1v) is 9.40. The number of phenolic OH excluding ortho intramolecular Hbond substituents is 1. The van der Waals surface area contributed by atoms with Gasteiger partial charge in [0.05, 0.1) is 0 Å². The van der Waals surface area contributed by atoms with Crippen LogP contribution in [0.25, 0.3) is 0 Å². The fourth-order valence-electron chi connectivity index (χ4n) is 7.72. The fourth-order valence-corrected chi connectivity index (χ4v) is 7.72. The lowest BCUT2D eigenvalue weighted by molar-refractivity contribution is -0.260. The summed E-state index contributed by atoms with van der Waals surface area (Å²) in [6, 6.07) is 4.47. The summed E-state index contributed by atoms with van der Waals surface area (Å²) in [6.45, 7) is 3.38. The van der Waals surface area contributed by atoms with E-state index in [2.05, 4.69) is 18.3 Å². The summed E-state index contributed by atoms with van der Waals surface area (Å²) in [5.74, 6) is 1.55. The summed E-state index contributed by atoms with van der Waals surface area (Å²) in [7, 11) is 1.86. The van der Waals surface area contributed by atoms with Crippen molar-refractivity contribution in [2.24, 2.45) is 11.3 Å². The molecule has 0 radical (unpaired) electrons. The highest BCUT2D eigenvalue weighted by molar-refractivity contribution is 5.63. The maximum Gasteiger partial charge on any atom is 0.165 e. The summed E-state index contributed by atoms with van der Waals surface area (Å²) in [5.41, 5.74) is 2.76. The Morgan fingerprint density at radius 3 is 2.96 bits per heavy atom. The lowest BCUT2D eigenvalue weighted by atomic mass is 9.35. The van der Waals surface area contributed by atoms with Crippen molar-refractivity contribution >= 4 is 0 Å². The highest BCUT2D eigenvalue weighted by Gasteiger charge is 2.79. The van der Waals surface area contributed by atoms with Crippen molar-refractivity contribution in [2.75, 3.05) is 13.7 Å². The molecule has 7 rings (SSSR count). The van der Waals surface area contributed by atoms with Crippen LogP contribution in [-0.4, -0.2) is 36.5 Å². The second-order valence-electron chi connectivity index (χ2n) is 8.80. The van der Waals surface area contributed by atoms with E-state index in [0.717, 1.165) is 31.6 Å². The van der Waals surface area contributed by atoms with E-state index in [0.29, 0.717) is 17.7 Å². The Labute approximate surface area is 142 Å². The van der Waals surface area contributed by atoms with Crippen LogP contribution in [0.2, 0.25) is 0 Å². The molecule has 4 unspecified atom stereocenters. The van der Waals surface area contributed by atoms with Gasteiger partial charge >= 0.3 is 0 Å². The van der Waals surface area contributed by atoms with Crippen LogP contribution in [0, 0.1) is 11.3 Å². The number of hydrogen-bond acceptors (Lipinski definition) is 4. The number of piperidine rings is 1. The molecule has 2 heterocycles. The number of rotatable bonds is 1. The van der Waals surface area contributed by atoms with Crippen LogP contribution >= 0.6 is 0 Å². The van der Waals surface area contributed by atoms with Crippen LogP contribution in [0.4, 0.5) is 0 Å². The summed E-state index contributed by atoms with van der Waals surface area (Å²) >= 11 is 0. The maximum absolute atomic E-state index is 10.5. The SMILES string of the molecule is CO[C@]12CC[C@@]3(CC1C)C1Cc4ccc(O)c5c4C3(CCN1)C2O5. The number of benzene rings is 1. The van der Waals surface area contributed by atoms with Crippen LogP contribution in [0.15, 0.2) is 12.1 Å². The molecule has 2 spiro atoms. The van der Waals surface area contributed by atoms with E-state index in [-0.39, 0.29) is 22.5 Å². The molecule has 4 nitrogen and oxygen atoms in total. The minimum Gasteiger partial charge on any atom is -0.504 e. The Hall–Kier alpha value is -1.26. The van der Waals surface area contributed by atoms with Gasteiger partial charge in [-0.05, 0) is 61.6 Å².